The minimum atomic E-state index is -0.880. The maximum absolute atomic E-state index is 11.2. The van der Waals surface area contributed by atoms with Gasteiger partial charge in [-0.05, 0) is 13.3 Å². The van der Waals surface area contributed by atoms with E-state index in [1.165, 1.54) is 12.8 Å². The van der Waals surface area contributed by atoms with Gasteiger partial charge in [-0.15, -0.1) is 0 Å². The molecule has 4 heteroatoms. The van der Waals surface area contributed by atoms with Crippen LogP contribution in [-0.4, -0.2) is 30.5 Å². The quantitative estimate of drug-likeness (QED) is 0.454. The molecular formula is C11H23NO3. The van der Waals surface area contributed by atoms with Crippen molar-refractivity contribution in [3.8, 4) is 0 Å². The van der Waals surface area contributed by atoms with E-state index in [1.54, 1.807) is 6.92 Å². The molecule has 0 spiro atoms. The average Bonchev–Trinajstić information content (AvgIpc) is 2.22. The molecule has 0 bridgehead atoms. The summed E-state index contributed by atoms with van der Waals surface area (Å²) >= 11 is 0. The van der Waals surface area contributed by atoms with Crippen LogP contribution in [0.4, 0.5) is 0 Å². The summed E-state index contributed by atoms with van der Waals surface area (Å²) in [5.41, 5.74) is 0. The predicted octanol–water partition coefficient (Wildman–Crippen LogP) is 1.43. The Kier molecular flexibility index (Phi) is 9.52. The lowest BCUT2D eigenvalue weighted by Crippen LogP contribution is -2.33. The molecule has 0 aliphatic rings. The third kappa shape index (κ3) is 9.69. The summed E-state index contributed by atoms with van der Waals surface area (Å²) in [6.45, 7) is 4.57. The number of ether oxygens (including phenoxy) is 1. The van der Waals surface area contributed by atoms with Crippen LogP contribution in [0.5, 0.6) is 0 Å². The molecule has 0 aliphatic carbocycles. The molecule has 0 radical (unpaired) electrons. The van der Waals surface area contributed by atoms with Crippen LogP contribution in [0.15, 0.2) is 0 Å². The highest BCUT2D eigenvalue weighted by atomic mass is 16.6. The van der Waals surface area contributed by atoms with Gasteiger partial charge in [0.15, 0.2) is 6.29 Å². The van der Waals surface area contributed by atoms with Gasteiger partial charge in [-0.25, -0.2) is 0 Å². The molecule has 15 heavy (non-hydrogen) atoms. The van der Waals surface area contributed by atoms with Gasteiger partial charge in [-0.2, -0.15) is 0 Å². The van der Waals surface area contributed by atoms with Gasteiger partial charge in [-0.1, -0.05) is 26.2 Å². The van der Waals surface area contributed by atoms with E-state index in [1.807, 2.05) is 0 Å². The van der Waals surface area contributed by atoms with E-state index in [2.05, 4.69) is 12.2 Å². The van der Waals surface area contributed by atoms with Crippen LogP contribution in [0.25, 0.3) is 0 Å². The highest BCUT2D eigenvalue weighted by Gasteiger charge is 2.05. The molecule has 0 saturated carbocycles. The zero-order valence-electron chi connectivity index (χ0n) is 9.79. The fourth-order valence-corrected chi connectivity index (χ4v) is 1.25. The average molecular weight is 217 g/mol. The molecule has 2 N–H and O–H groups in total. The molecule has 1 atom stereocenters. The zero-order chi connectivity index (χ0) is 11.5. The molecule has 1 unspecified atom stereocenters. The standard InChI is InChI=1S/C11H23NO3/c1-3-5-6-7-8-10(13)12-9-11(14)15-4-2/h11,14H,3-9H2,1-2H3,(H,12,13). The van der Waals surface area contributed by atoms with Crippen LogP contribution in [0.2, 0.25) is 0 Å². The second-order valence-corrected chi connectivity index (χ2v) is 3.52. The van der Waals surface area contributed by atoms with Crippen molar-refractivity contribution in [1.29, 1.82) is 0 Å². The number of amides is 1. The van der Waals surface area contributed by atoms with Crippen molar-refractivity contribution in [1.82, 2.24) is 5.32 Å². The Morgan fingerprint density at radius 3 is 2.67 bits per heavy atom. The minimum absolute atomic E-state index is 0.00939. The van der Waals surface area contributed by atoms with Crippen LogP contribution in [0, 0.1) is 0 Å². The third-order valence-electron chi connectivity index (χ3n) is 2.09. The van der Waals surface area contributed by atoms with E-state index in [0.29, 0.717) is 13.0 Å². The summed E-state index contributed by atoms with van der Waals surface area (Å²) in [7, 11) is 0. The molecule has 0 heterocycles. The third-order valence-corrected chi connectivity index (χ3v) is 2.09. The lowest BCUT2D eigenvalue weighted by Gasteiger charge is -2.11. The molecule has 0 rings (SSSR count). The first-order valence-corrected chi connectivity index (χ1v) is 5.77. The number of aliphatic hydroxyl groups excluding tert-OH is 1. The van der Waals surface area contributed by atoms with E-state index in [0.717, 1.165) is 12.8 Å². The smallest absolute Gasteiger partial charge is 0.220 e. The van der Waals surface area contributed by atoms with Gasteiger partial charge >= 0.3 is 0 Å². The fraction of sp³-hybridized carbons (Fsp3) is 0.909. The van der Waals surface area contributed by atoms with E-state index in [-0.39, 0.29) is 12.5 Å². The first-order chi connectivity index (χ1) is 7.20. The molecule has 0 aliphatic heterocycles. The Hall–Kier alpha value is -0.610. The monoisotopic (exact) mass is 217 g/mol. The number of hydrogen-bond acceptors (Lipinski definition) is 3. The lowest BCUT2D eigenvalue weighted by molar-refractivity contribution is -0.126. The Morgan fingerprint density at radius 2 is 2.07 bits per heavy atom. The van der Waals surface area contributed by atoms with Crippen molar-refractivity contribution in [3.63, 3.8) is 0 Å². The van der Waals surface area contributed by atoms with Crippen LogP contribution >= 0.6 is 0 Å². The second kappa shape index (κ2) is 9.93. The van der Waals surface area contributed by atoms with Crippen molar-refractivity contribution in [3.05, 3.63) is 0 Å². The summed E-state index contributed by atoms with van der Waals surface area (Å²) in [6.07, 6.45) is 4.02. The predicted molar refractivity (Wildman–Crippen MR) is 59.4 cm³/mol. The van der Waals surface area contributed by atoms with E-state index < -0.39 is 6.29 Å². The van der Waals surface area contributed by atoms with Crippen molar-refractivity contribution >= 4 is 5.91 Å². The van der Waals surface area contributed by atoms with E-state index >= 15 is 0 Å². The number of carbonyl (C=O) groups is 1. The zero-order valence-corrected chi connectivity index (χ0v) is 9.79. The maximum atomic E-state index is 11.2. The van der Waals surface area contributed by atoms with E-state index in [4.69, 9.17) is 4.74 Å². The highest BCUT2D eigenvalue weighted by Crippen LogP contribution is 2.01. The van der Waals surface area contributed by atoms with Gasteiger partial charge in [0, 0.05) is 13.0 Å². The summed E-state index contributed by atoms with van der Waals surface area (Å²) in [4.78, 5) is 11.2. The van der Waals surface area contributed by atoms with Crippen LogP contribution in [0.1, 0.15) is 46.0 Å². The SMILES string of the molecule is CCCCCCC(=O)NCC(O)OCC. The number of nitrogens with one attached hydrogen (secondary N) is 1. The molecule has 0 aromatic rings. The maximum Gasteiger partial charge on any atom is 0.220 e. The van der Waals surface area contributed by atoms with Gasteiger partial charge in [0.05, 0.1) is 6.54 Å². The Bertz CT molecular complexity index is 162. The van der Waals surface area contributed by atoms with E-state index in [9.17, 15) is 9.90 Å². The Labute approximate surface area is 92.0 Å². The number of unbranched alkanes of at least 4 members (excludes halogenated alkanes) is 3. The number of rotatable bonds is 9. The summed E-state index contributed by atoms with van der Waals surface area (Å²) in [5, 5.41) is 11.8. The molecule has 90 valence electrons. The topological polar surface area (TPSA) is 58.6 Å². The van der Waals surface area contributed by atoms with Gasteiger partial charge in [0.1, 0.15) is 0 Å². The number of aliphatic hydroxyl groups is 1. The number of carbonyl (C=O) groups excluding carboxylic acids is 1. The highest BCUT2D eigenvalue weighted by molar-refractivity contribution is 5.75. The molecule has 0 aromatic carbocycles. The first kappa shape index (κ1) is 14.4. The molecule has 0 saturated heterocycles. The van der Waals surface area contributed by atoms with Crippen molar-refractivity contribution in [2.45, 2.75) is 52.2 Å². The molecular weight excluding hydrogens is 194 g/mol. The van der Waals surface area contributed by atoms with Crippen LogP contribution < -0.4 is 5.32 Å². The lowest BCUT2D eigenvalue weighted by atomic mass is 10.1. The molecule has 4 nitrogen and oxygen atoms in total. The summed E-state index contributed by atoms with van der Waals surface area (Å²) < 4.78 is 4.88. The van der Waals surface area contributed by atoms with Crippen molar-refractivity contribution < 1.29 is 14.6 Å². The van der Waals surface area contributed by atoms with Crippen LogP contribution in [0.3, 0.4) is 0 Å². The molecule has 0 fully saturated rings. The molecule has 0 aromatic heterocycles. The van der Waals surface area contributed by atoms with Gasteiger partial charge < -0.3 is 15.2 Å². The molecule has 1 amide bonds. The van der Waals surface area contributed by atoms with Crippen molar-refractivity contribution in [2.24, 2.45) is 0 Å². The van der Waals surface area contributed by atoms with Gasteiger partial charge in [-0.3, -0.25) is 4.79 Å². The fourth-order valence-electron chi connectivity index (χ4n) is 1.25. The number of hydrogen-bond donors (Lipinski definition) is 2. The summed E-state index contributed by atoms with van der Waals surface area (Å²) in [5.74, 6) is -0.00939. The first-order valence-electron chi connectivity index (χ1n) is 5.77. The second-order valence-electron chi connectivity index (χ2n) is 3.52. The Balaban J connectivity index is 3.32. The summed E-state index contributed by atoms with van der Waals surface area (Å²) in [6, 6.07) is 0. The minimum Gasteiger partial charge on any atom is -0.366 e. The Morgan fingerprint density at radius 1 is 1.33 bits per heavy atom. The normalized spacial score (nSPS) is 12.5. The largest absolute Gasteiger partial charge is 0.366 e. The van der Waals surface area contributed by atoms with Crippen molar-refractivity contribution in [2.75, 3.05) is 13.2 Å². The van der Waals surface area contributed by atoms with Gasteiger partial charge in [0.25, 0.3) is 0 Å². The van der Waals surface area contributed by atoms with Gasteiger partial charge in [0.2, 0.25) is 5.91 Å². The van der Waals surface area contributed by atoms with Crippen LogP contribution in [-0.2, 0) is 9.53 Å².